The van der Waals surface area contributed by atoms with Crippen molar-refractivity contribution < 1.29 is 28.8 Å². The van der Waals surface area contributed by atoms with Crippen LogP contribution in [0.1, 0.15) is 32.6 Å². The first-order chi connectivity index (χ1) is 13.8. The van der Waals surface area contributed by atoms with Crippen molar-refractivity contribution >= 4 is 29.2 Å². The molecule has 2 amide bonds. The maximum absolute atomic E-state index is 12.2. The van der Waals surface area contributed by atoms with Crippen molar-refractivity contribution in [1.82, 2.24) is 5.32 Å². The maximum Gasteiger partial charge on any atom is 0.326 e. The molecule has 1 aromatic rings. The molecule has 1 aliphatic heterocycles. The van der Waals surface area contributed by atoms with Crippen LogP contribution in [-0.2, 0) is 19.1 Å². The summed E-state index contributed by atoms with van der Waals surface area (Å²) in [6.07, 6.45) is 4.16. The van der Waals surface area contributed by atoms with Crippen LogP contribution in [0.2, 0.25) is 0 Å². The summed E-state index contributed by atoms with van der Waals surface area (Å²) in [4.78, 5) is 47.8. The first-order valence-electron chi connectivity index (χ1n) is 9.51. The van der Waals surface area contributed by atoms with E-state index in [0.29, 0.717) is 5.92 Å². The van der Waals surface area contributed by atoms with Gasteiger partial charge in [0, 0.05) is 18.2 Å². The number of hydrogen-bond acceptors (Lipinski definition) is 7. The molecule has 1 fully saturated rings. The third-order valence-corrected chi connectivity index (χ3v) is 5.21. The van der Waals surface area contributed by atoms with Crippen LogP contribution in [0.25, 0.3) is 0 Å². The monoisotopic (exact) mass is 405 g/mol. The van der Waals surface area contributed by atoms with Gasteiger partial charge in [0.15, 0.2) is 13.2 Å². The molecule has 0 bridgehead atoms. The summed E-state index contributed by atoms with van der Waals surface area (Å²) in [5.74, 6) is -1.07. The predicted octanol–water partition coefficient (Wildman–Crippen LogP) is 1.56. The molecule has 1 aliphatic carbocycles. The van der Waals surface area contributed by atoms with Crippen molar-refractivity contribution in [3.8, 4) is 5.75 Å². The first-order valence-corrected chi connectivity index (χ1v) is 9.51. The lowest BCUT2D eigenvalue weighted by Crippen LogP contribution is -2.44. The minimum Gasteiger partial charge on any atom is -0.482 e. The van der Waals surface area contributed by atoms with Crippen LogP contribution in [0.3, 0.4) is 0 Å². The normalized spacial score (nSPS) is 21.0. The largest absolute Gasteiger partial charge is 0.482 e. The lowest BCUT2D eigenvalue weighted by Gasteiger charge is -2.29. The van der Waals surface area contributed by atoms with E-state index < -0.39 is 30.0 Å². The summed E-state index contributed by atoms with van der Waals surface area (Å²) in [6, 6.07) is 3.86. The Bertz CT molecular complexity index is 826. The van der Waals surface area contributed by atoms with E-state index >= 15 is 0 Å². The Balaban J connectivity index is 1.57. The van der Waals surface area contributed by atoms with E-state index in [1.807, 2.05) is 0 Å². The molecule has 0 saturated heterocycles. The average Bonchev–Trinajstić information content (AvgIpc) is 2.70. The number of benzene rings is 1. The Hall–Kier alpha value is -3.17. The fraction of sp³-hybridized carbons (Fsp3) is 0.526. The van der Waals surface area contributed by atoms with Gasteiger partial charge in [-0.2, -0.15) is 0 Å². The van der Waals surface area contributed by atoms with E-state index in [1.165, 1.54) is 12.1 Å². The van der Waals surface area contributed by atoms with Gasteiger partial charge in [0.05, 0.1) is 10.6 Å². The third-order valence-electron chi connectivity index (χ3n) is 5.21. The molecule has 156 valence electrons. The second-order valence-corrected chi connectivity index (χ2v) is 7.27. The number of nitrogens with one attached hydrogen (secondary N) is 1. The predicted molar refractivity (Wildman–Crippen MR) is 101 cm³/mol. The average molecular weight is 405 g/mol. The van der Waals surface area contributed by atoms with Gasteiger partial charge in [-0.1, -0.05) is 19.8 Å². The highest BCUT2D eigenvalue weighted by Gasteiger charge is 2.30. The smallest absolute Gasteiger partial charge is 0.326 e. The maximum atomic E-state index is 12.2. The van der Waals surface area contributed by atoms with E-state index in [2.05, 4.69) is 12.2 Å². The standard InChI is InChI=1S/C19H23N3O7/c1-12-4-2-3-5-14(12)20-17(23)10-29-19(25)9-21-15-8-13(22(26)27)6-7-16(15)28-11-18(21)24/h6-8,12,14H,2-5,9-11H2,1H3,(H,20,23)/t12-,14+/m1/s1. The van der Waals surface area contributed by atoms with Gasteiger partial charge < -0.3 is 14.8 Å². The highest BCUT2D eigenvalue weighted by molar-refractivity contribution is 6.01. The van der Waals surface area contributed by atoms with Crippen LogP contribution in [0.4, 0.5) is 11.4 Å². The molecule has 1 saturated carbocycles. The number of non-ortho nitro benzene ring substituents is 1. The minimum absolute atomic E-state index is 0.0724. The highest BCUT2D eigenvalue weighted by atomic mass is 16.6. The Labute approximate surface area is 167 Å². The number of nitro benzene ring substituents is 1. The number of rotatable bonds is 6. The second kappa shape index (κ2) is 8.89. The van der Waals surface area contributed by atoms with E-state index in [4.69, 9.17) is 9.47 Å². The fourth-order valence-corrected chi connectivity index (χ4v) is 3.58. The van der Waals surface area contributed by atoms with Gasteiger partial charge in [0.2, 0.25) is 0 Å². The fourth-order valence-electron chi connectivity index (χ4n) is 3.58. The molecule has 0 spiro atoms. The number of nitro groups is 1. The SMILES string of the molecule is C[C@@H]1CCCC[C@@H]1NC(=O)COC(=O)CN1C(=O)COc2ccc([N+](=O)[O-])cc21. The number of fused-ring (bicyclic) bond motifs is 1. The summed E-state index contributed by atoms with van der Waals surface area (Å²) in [6.45, 7) is 0.876. The molecular formula is C19H23N3O7. The van der Waals surface area contributed by atoms with E-state index in [1.54, 1.807) is 0 Å². The van der Waals surface area contributed by atoms with Gasteiger partial charge in [0.1, 0.15) is 12.3 Å². The number of carbonyl (C=O) groups is 3. The molecule has 1 heterocycles. The Kier molecular flexibility index (Phi) is 6.30. The van der Waals surface area contributed by atoms with Crippen molar-refractivity contribution in [1.29, 1.82) is 0 Å². The summed E-state index contributed by atoms with van der Waals surface area (Å²) in [7, 11) is 0. The lowest BCUT2D eigenvalue weighted by molar-refractivity contribution is -0.384. The van der Waals surface area contributed by atoms with Crippen molar-refractivity contribution in [3.05, 3.63) is 28.3 Å². The second-order valence-electron chi connectivity index (χ2n) is 7.27. The first kappa shape index (κ1) is 20.6. The third kappa shape index (κ3) is 5.01. The van der Waals surface area contributed by atoms with Crippen molar-refractivity contribution in [2.75, 3.05) is 24.7 Å². The minimum atomic E-state index is -0.787. The molecule has 2 atom stereocenters. The van der Waals surface area contributed by atoms with Crippen molar-refractivity contribution in [2.24, 2.45) is 5.92 Å². The Morgan fingerprint density at radius 2 is 2.10 bits per heavy atom. The molecule has 0 aromatic heterocycles. The zero-order valence-electron chi connectivity index (χ0n) is 16.1. The molecule has 0 radical (unpaired) electrons. The van der Waals surface area contributed by atoms with E-state index in [0.717, 1.165) is 36.6 Å². The number of esters is 1. The van der Waals surface area contributed by atoms with Gasteiger partial charge in [-0.15, -0.1) is 0 Å². The van der Waals surface area contributed by atoms with E-state index in [9.17, 15) is 24.5 Å². The number of carbonyl (C=O) groups excluding carboxylic acids is 3. The number of nitrogens with zero attached hydrogens (tertiary/aromatic N) is 2. The van der Waals surface area contributed by atoms with Crippen LogP contribution < -0.4 is 15.0 Å². The van der Waals surface area contributed by atoms with Gasteiger partial charge in [-0.25, -0.2) is 0 Å². The number of amides is 2. The Morgan fingerprint density at radius 1 is 1.34 bits per heavy atom. The van der Waals surface area contributed by atoms with Gasteiger partial charge >= 0.3 is 5.97 Å². The number of anilines is 1. The zero-order chi connectivity index (χ0) is 21.0. The van der Waals surface area contributed by atoms with Crippen LogP contribution in [0.15, 0.2) is 18.2 Å². The molecule has 29 heavy (non-hydrogen) atoms. The number of ether oxygens (including phenoxy) is 2. The molecule has 10 heteroatoms. The molecular weight excluding hydrogens is 382 g/mol. The van der Waals surface area contributed by atoms with E-state index in [-0.39, 0.29) is 35.7 Å². The van der Waals surface area contributed by atoms with Crippen molar-refractivity contribution in [2.45, 2.75) is 38.6 Å². The van der Waals surface area contributed by atoms with Crippen LogP contribution >= 0.6 is 0 Å². The lowest BCUT2D eigenvalue weighted by atomic mass is 9.86. The summed E-state index contributed by atoms with van der Waals surface area (Å²) < 4.78 is 10.2. The molecule has 1 aromatic carbocycles. The summed E-state index contributed by atoms with van der Waals surface area (Å²) in [5, 5.41) is 13.9. The molecule has 1 N–H and O–H groups in total. The van der Waals surface area contributed by atoms with Crippen LogP contribution in [-0.4, -0.2) is 48.5 Å². The summed E-state index contributed by atoms with van der Waals surface area (Å²) >= 11 is 0. The van der Waals surface area contributed by atoms with Gasteiger partial charge in [0.25, 0.3) is 17.5 Å². The van der Waals surface area contributed by atoms with Crippen LogP contribution in [0.5, 0.6) is 5.75 Å². The molecule has 0 unspecified atom stereocenters. The topological polar surface area (TPSA) is 128 Å². The van der Waals surface area contributed by atoms with Gasteiger partial charge in [-0.3, -0.25) is 29.4 Å². The Morgan fingerprint density at radius 3 is 2.83 bits per heavy atom. The summed E-state index contributed by atoms with van der Waals surface area (Å²) in [5.41, 5.74) is -0.116. The van der Waals surface area contributed by atoms with Gasteiger partial charge in [-0.05, 0) is 24.8 Å². The molecule has 2 aliphatic rings. The quantitative estimate of drug-likeness (QED) is 0.432. The number of hydrogen-bond donors (Lipinski definition) is 1. The molecule has 10 nitrogen and oxygen atoms in total. The van der Waals surface area contributed by atoms with Crippen LogP contribution in [0, 0.1) is 16.0 Å². The van der Waals surface area contributed by atoms with Crippen molar-refractivity contribution in [3.63, 3.8) is 0 Å². The molecule has 3 rings (SSSR count). The highest BCUT2D eigenvalue weighted by Crippen LogP contribution is 2.35. The zero-order valence-corrected chi connectivity index (χ0v) is 16.1.